The first-order valence-corrected chi connectivity index (χ1v) is 9.68. The van der Waals surface area contributed by atoms with E-state index in [2.05, 4.69) is 21.6 Å². The van der Waals surface area contributed by atoms with Crippen molar-refractivity contribution in [3.05, 3.63) is 36.0 Å². The predicted molar refractivity (Wildman–Crippen MR) is 102 cm³/mol. The predicted octanol–water partition coefficient (Wildman–Crippen LogP) is 3.51. The lowest BCUT2D eigenvalue weighted by molar-refractivity contribution is 0.0403. The van der Waals surface area contributed by atoms with Crippen LogP contribution in [-0.4, -0.2) is 53.0 Å². The molecule has 0 saturated carbocycles. The van der Waals surface area contributed by atoms with Gasteiger partial charge < -0.3 is 14.4 Å². The van der Waals surface area contributed by atoms with Crippen LogP contribution in [0.2, 0.25) is 0 Å². The standard InChI is InChI=1S/C21H29N3O/c1-22-13-10-16-8-9-17(14-20(16)22)21(25)23(2)15-18-6-5-12-24-11-4-3-7-19(18)24/h8-10,13-14,18-19H,3-7,11-12,15H2,1-2H3/t18-,19+/m0/s1. The van der Waals surface area contributed by atoms with Gasteiger partial charge in [-0.25, -0.2) is 0 Å². The first-order valence-electron chi connectivity index (χ1n) is 9.68. The fraction of sp³-hybridized carbons (Fsp3) is 0.571. The number of hydrogen-bond donors (Lipinski definition) is 0. The highest BCUT2D eigenvalue weighted by Crippen LogP contribution is 2.31. The van der Waals surface area contributed by atoms with Gasteiger partial charge >= 0.3 is 0 Å². The Morgan fingerprint density at radius 2 is 2.00 bits per heavy atom. The minimum absolute atomic E-state index is 0.149. The van der Waals surface area contributed by atoms with Crippen LogP contribution >= 0.6 is 0 Å². The second-order valence-electron chi connectivity index (χ2n) is 7.89. The normalized spacial score (nSPS) is 24.2. The molecule has 2 fully saturated rings. The Bertz CT molecular complexity index is 764. The Balaban J connectivity index is 1.48. The molecule has 2 aliphatic rings. The molecule has 3 heterocycles. The van der Waals surface area contributed by atoms with Crippen molar-refractivity contribution in [1.82, 2.24) is 14.4 Å². The topological polar surface area (TPSA) is 28.5 Å². The minimum Gasteiger partial charge on any atom is -0.351 e. The van der Waals surface area contributed by atoms with E-state index in [0.29, 0.717) is 12.0 Å². The van der Waals surface area contributed by atoms with Crippen molar-refractivity contribution in [3.63, 3.8) is 0 Å². The molecule has 0 N–H and O–H groups in total. The molecule has 0 spiro atoms. The van der Waals surface area contributed by atoms with Crippen molar-refractivity contribution in [3.8, 4) is 0 Å². The molecule has 4 nitrogen and oxygen atoms in total. The van der Waals surface area contributed by atoms with E-state index < -0.39 is 0 Å². The number of hydrogen-bond acceptors (Lipinski definition) is 2. The first kappa shape index (κ1) is 16.6. The van der Waals surface area contributed by atoms with Crippen molar-refractivity contribution in [2.24, 2.45) is 13.0 Å². The summed E-state index contributed by atoms with van der Waals surface area (Å²) >= 11 is 0. The number of aryl methyl sites for hydroxylation is 1. The van der Waals surface area contributed by atoms with Gasteiger partial charge in [-0.2, -0.15) is 0 Å². The molecule has 0 unspecified atom stereocenters. The summed E-state index contributed by atoms with van der Waals surface area (Å²) in [5.74, 6) is 0.776. The lowest BCUT2D eigenvalue weighted by atomic mass is 9.83. The van der Waals surface area contributed by atoms with Gasteiger partial charge in [0.25, 0.3) is 5.91 Å². The highest BCUT2D eigenvalue weighted by molar-refractivity contribution is 5.97. The number of benzene rings is 1. The van der Waals surface area contributed by atoms with Crippen LogP contribution in [0.4, 0.5) is 0 Å². The van der Waals surface area contributed by atoms with Gasteiger partial charge in [0, 0.05) is 44.0 Å². The quantitative estimate of drug-likeness (QED) is 0.856. The van der Waals surface area contributed by atoms with Crippen molar-refractivity contribution >= 4 is 16.8 Å². The van der Waals surface area contributed by atoms with E-state index in [1.807, 2.05) is 37.3 Å². The maximum absolute atomic E-state index is 13.0. The fourth-order valence-corrected chi connectivity index (χ4v) is 4.84. The number of fused-ring (bicyclic) bond motifs is 2. The van der Waals surface area contributed by atoms with Gasteiger partial charge in [0.1, 0.15) is 0 Å². The summed E-state index contributed by atoms with van der Waals surface area (Å²) in [6.07, 6.45) is 8.58. The average Bonchev–Trinajstić information content (AvgIpc) is 3.02. The van der Waals surface area contributed by atoms with E-state index in [1.165, 1.54) is 50.6 Å². The summed E-state index contributed by atoms with van der Waals surface area (Å²) in [6.45, 7) is 3.39. The van der Waals surface area contributed by atoms with E-state index in [1.54, 1.807) is 0 Å². The largest absolute Gasteiger partial charge is 0.351 e. The molecular formula is C21H29N3O. The Morgan fingerprint density at radius 3 is 2.88 bits per heavy atom. The third-order valence-electron chi connectivity index (χ3n) is 6.22. The SMILES string of the molecule is CN(C[C@@H]1CCCN2CCCC[C@H]12)C(=O)c1ccc2ccn(C)c2c1. The summed E-state index contributed by atoms with van der Waals surface area (Å²) in [5, 5.41) is 1.19. The molecule has 0 radical (unpaired) electrons. The van der Waals surface area contributed by atoms with Crippen molar-refractivity contribution < 1.29 is 4.79 Å². The van der Waals surface area contributed by atoms with Crippen molar-refractivity contribution in [2.45, 2.75) is 38.1 Å². The highest BCUT2D eigenvalue weighted by atomic mass is 16.2. The maximum Gasteiger partial charge on any atom is 0.253 e. The van der Waals surface area contributed by atoms with Crippen LogP contribution < -0.4 is 0 Å². The maximum atomic E-state index is 13.0. The molecule has 0 bridgehead atoms. The van der Waals surface area contributed by atoms with Gasteiger partial charge in [-0.1, -0.05) is 12.5 Å². The number of piperidine rings is 2. The molecular weight excluding hydrogens is 310 g/mol. The molecule has 0 aliphatic carbocycles. The molecule has 2 atom stereocenters. The van der Waals surface area contributed by atoms with Crippen LogP contribution in [0, 0.1) is 5.92 Å². The lowest BCUT2D eigenvalue weighted by Gasteiger charge is -2.45. The summed E-state index contributed by atoms with van der Waals surface area (Å²) < 4.78 is 2.08. The summed E-state index contributed by atoms with van der Waals surface area (Å²) in [6, 6.07) is 8.83. The van der Waals surface area contributed by atoms with E-state index in [0.717, 1.165) is 17.6 Å². The summed E-state index contributed by atoms with van der Waals surface area (Å²) in [5.41, 5.74) is 1.92. The van der Waals surface area contributed by atoms with E-state index >= 15 is 0 Å². The molecule has 2 aromatic rings. The lowest BCUT2D eigenvalue weighted by Crippen LogP contribution is -2.51. The van der Waals surface area contributed by atoms with Crippen LogP contribution in [0.15, 0.2) is 30.5 Å². The minimum atomic E-state index is 0.149. The van der Waals surface area contributed by atoms with E-state index in [-0.39, 0.29) is 5.91 Å². The van der Waals surface area contributed by atoms with Gasteiger partial charge in [0.2, 0.25) is 0 Å². The molecule has 1 aromatic carbocycles. The van der Waals surface area contributed by atoms with Crippen molar-refractivity contribution in [2.75, 3.05) is 26.7 Å². The summed E-state index contributed by atoms with van der Waals surface area (Å²) in [7, 11) is 4.00. The second kappa shape index (κ2) is 6.83. The monoisotopic (exact) mass is 339 g/mol. The molecule has 2 aliphatic heterocycles. The van der Waals surface area contributed by atoms with Crippen LogP contribution in [0.25, 0.3) is 10.9 Å². The molecule has 1 amide bonds. The molecule has 134 valence electrons. The van der Waals surface area contributed by atoms with Gasteiger partial charge in [-0.05, 0) is 68.3 Å². The molecule has 1 aromatic heterocycles. The zero-order chi connectivity index (χ0) is 17.4. The zero-order valence-corrected chi connectivity index (χ0v) is 15.4. The number of carbonyl (C=O) groups is 1. The Kier molecular flexibility index (Phi) is 4.55. The zero-order valence-electron chi connectivity index (χ0n) is 15.4. The van der Waals surface area contributed by atoms with Gasteiger partial charge in [0.15, 0.2) is 0 Å². The van der Waals surface area contributed by atoms with Gasteiger partial charge in [-0.15, -0.1) is 0 Å². The van der Waals surface area contributed by atoms with Gasteiger partial charge in [0.05, 0.1) is 0 Å². The highest BCUT2D eigenvalue weighted by Gasteiger charge is 2.34. The van der Waals surface area contributed by atoms with Crippen LogP contribution in [0.5, 0.6) is 0 Å². The third kappa shape index (κ3) is 3.20. The van der Waals surface area contributed by atoms with Gasteiger partial charge in [-0.3, -0.25) is 4.79 Å². The van der Waals surface area contributed by atoms with Crippen molar-refractivity contribution in [1.29, 1.82) is 0 Å². The Morgan fingerprint density at radius 1 is 1.16 bits per heavy atom. The van der Waals surface area contributed by atoms with Crippen LogP contribution in [0.3, 0.4) is 0 Å². The molecule has 2 saturated heterocycles. The summed E-state index contributed by atoms with van der Waals surface area (Å²) in [4.78, 5) is 17.6. The Labute approximate surface area is 150 Å². The van der Waals surface area contributed by atoms with Crippen LogP contribution in [0.1, 0.15) is 42.5 Å². The molecule has 25 heavy (non-hydrogen) atoms. The second-order valence-corrected chi connectivity index (χ2v) is 7.89. The third-order valence-corrected chi connectivity index (χ3v) is 6.22. The first-order chi connectivity index (χ1) is 12.1. The fourth-order valence-electron chi connectivity index (χ4n) is 4.84. The number of nitrogens with zero attached hydrogens (tertiary/aromatic N) is 3. The Hall–Kier alpha value is -1.81. The number of aromatic nitrogens is 1. The number of rotatable bonds is 3. The molecule has 4 heteroatoms. The molecule has 4 rings (SSSR count). The number of amides is 1. The van der Waals surface area contributed by atoms with Crippen LogP contribution in [-0.2, 0) is 7.05 Å². The van der Waals surface area contributed by atoms with E-state index in [4.69, 9.17) is 0 Å². The van der Waals surface area contributed by atoms with E-state index in [9.17, 15) is 4.79 Å². The average molecular weight is 339 g/mol. The number of carbonyl (C=O) groups excluding carboxylic acids is 1. The smallest absolute Gasteiger partial charge is 0.253 e.